The molecule has 2 aliphatic rings. The Labute approximate surface area is 125 Å². The zero-order valence-electron chi connectivity index (χ0n) is 13.3. The Kier molecular flexibility index (Phi) is 7.32. The number of aliphatic hydroxyl groups excluding tert-OH is 1. The van der Waals surface area contributed by atoms with Gasteiger partial charge in [0, 0.05) is 12.1 Å². The molecule has 1 atom stereocenters. The molecule has 3 heteroatoms. The summed E-state index contributed by atoms with van der Waals surface area (Å²) in [6, 6.07) is 1.24. The molecule has 1 saturated carbocycles. The molecule has 1 unspecified atom stereocenters. The molecule has 2 fully saturated rings. The van der Waals surface area contributed by atoms with Gasteiger partial charge in [-0.25, -0.2) is 0 Å². The Hall–Kier alpha value is -0.120. The van der Waals surface area contributed by atoms with E-state index < -0.39 is 0 Å². The summed E-state index contributed by atoms with van der Waals surface area (Å²) in [5, 5.41) is 13.0. The van der Waals surface area contributed by atoms with E-state index in [4.69, 9.17) is 0 Å². The van der Waals surface area contributed by atoms with Gasteiger partial charge in [-0.2, -0.15) is 0 Å². The first-order chi connectivity index (χ1) is 9.83. The molecule has 1 aliphatic heterocycles. The third-order valence-corrected chi connectivity index (χ3v) is 5.44. The summed E-state index contributed by atoms with van der Waals surface area (Å²) in [5.41, 5.74) is 0. The van der Waals surface area contributed by atoms with Gasteiger partial charge in [0.1, 0.15) is 0 Å². The highest BCUT2D eigenvalue weighted by molar-refractivity contribution is 4.79. The number of hydrogen-bond acceptors (Lipinski definition) is 3. The van der Waals surface area contributed by atoms with Crippen molar-refractivity contribution in [2.24, 2.45) is 5.92 Å². The molecule has 0 radical (unpaired) electrons. The minimum Gasteiger partial charge on any atom is -0.395 e. The molecule has 3 nitrogen and oxygen atoms in total. The number of nitrogens with zero attached hydrogens (tertiary/aromatic N) is 1. The second-order valence-electron chi connectivity index (χ2n) is 6.80. The van der Waals surface area contributed by atoms with E-state index in [1.165, 1.54) is 77.4 Å². The predicted molar refractivity (Wildman–Crippen MR) is 85.0 cm³/mol. The van der Waals surface area contributed by atoms with Crippen molar-refractivity contribution in [3.8, 4) is 0 Å². The Morgan fingerprint density at radius 1 is 1.10 bits per heavy atom. The summed E-state index contributed by atoms with van der Waals surface area (Å²) in [5.74, 6) is 0.999. The lowest BCUT2D eigenvalue weighted by Gasteiger charge is -2.28. The van der Waals surface area contributed by atoms with Gasteiger partial charge in [0.25, 0.3) is 0 Å². The number of nitrogens with one attached hydrogen (secondary N) is 1. The number of aliphatic hydroxyl groups is 1. The fraction of sp³-hybridized carbons (Fsp3) is 1.00. The normalized spacial score (nSPS) is 31.8. The Bertz CT molecular complexity index is 251. The molecular formula is C17H34N2O. The van der Waals surface area contributed by atoms with Gasteiger partial charge in [-0.1, -0.05) is 13.3 Å². The summed E-state index contributed by atoms with van der Waals surface area (Å²) in [6.07, 6.45) is 12.0. The van der Waals surface area contributed by atoms with Gasteiger partial charge in [-0.05, 0) is 76.9 Å². The van der Waals surface area contributed by atoms with Crippen molar-refractivity contribution < 1.29 is 5.11 Å². The average molecular weight is 282 g/mol. The number of rotatable bonds is 8. The second-order valence-corrected chi connectivity index (χ2v) is 6.80. The second kappa shape index (κ2) is 9.01. The number of likely N-dealkylation sites (tertiary alicyclic amines) is 1. The van der Waals surface area contributed by atoms with E-state index in [-0.39, 0.29) is 0 Å². The van der Waals surface area contributed by atoms with Crippen molar-refractivity contribution in [1.29, 1.82) is 0 Å². The number of hydrogen-bond donors (Lipinski definition) is 2. The molecule has 118 valence electrons. The van der Waals surface area contributed by atoms with Gasteiger partial charge in [-0.3, -0.25) is 4.90 Å². The SMILES string of the molecule is CCC1CCC(NCCCCN2CCCC2CO)CC1. The van der Waals surface area contributed by atoms with Crippen LogP contribution in [0.25, 0.3) is 0 Å². The molecule has 0 aromatic rings. The summed E-state index contributed by atoms with van der Waals surface area (Å²) in [7, 11) is 0. The zero-order chi connectivity index (χ0) is 14.2. The van der Waals surface area contributed by atoms with Crippen LogP contribution in [0.4, 0.5) is 0 Å². The highest BCUT2D eigenvalue weighted by atomic mass is 16.3. The first-order valence-corrected chi connectivity index (χ1v) is 8.91. The molecule has 2 N–H and O–H groups in total. The van der Waals surface area contributed by atoms with Gasteiger partial charge in [0.05, 0.1) is 6.61 Å². The van der Waals surface area contributed by atoms with Crippen molar-refractivity contribution in [3.05, 3.63) is 0 Å². The van der Waals surface area contributed by atoms with Crippen molar-refractivity contribution in [3.63, 3.8) is 0 Å². The fourth-order valence-electron chi connectivity index (χ4n) is 3.92. The molecule has 0 aromatic carbocycles. The first-order valence-electron chi connectivity index (χ1n) is 8.91. The third-order valence-electron chi connectivity index (χ3n) is 5.44. The summed E-state index contributed by atoms with van der Waals surface area (Å²) < 4.78 is 0. The van der Waals surface area contributed by atoms with Crippen LogP contribution in [-0.4, -0.2) is 48.3 Å². The standard InChI is InChI=1S/C17H34N2O/c1-2-15-7-9-16(10-8-15)18-11-3-4-12-19-13-5-6-17(19)14-20/h15-18,20H,2-14H2,1H3. The lowest BCUT2D eigenvalue weighted by molar-refractivity contribution is 0.157. The largest absolute Gasteiger partial charge is 0.395 e. The van der Waals surface area contributed by atoms with Gasteiger partial charge in [-0.15, -0.1) is 0 Å². The van der Waals surface area contributed by atoms with E-state index in [2.05, 4.69) is 17.1 Å². The Balaban J connectivity index is 1.48. The van der Waals surface area contributed by atoms with Crippen LogP contribution in [0.15, 0.2) is 0 Å². The van der Waals surface area contributed by atoms with Crippen LogP contribution >= 0.6 is 0 Å². The summed E-state index contributed by atoms with van der Waals surface area (Å²) in [6.45, 7) is 6.23. The molecule has 0 spiro atoms. The van der Waals surface area contributed by atoms with Crippen LogP contribution in [0.1, 0.15) is 64.7 Å². The topological polar surface area (TPSA) is 35.5 Å². The monoisotopic (exact) mass is 282 g/mol. The van der Waals surface area contributed by atoms with Crippen LogP contribution in [0.3, 0.4) is 0 Å². The average Bonchev–Trinajstić information content (AvgIpc) is 2.95. The quantitative estimate of drug-likeness (QED) is 0.672. The third kappa shape index (κ3) is 5.01. The lowest BCUT2D eigenvalue weighted by atomic mass is 9.84. The smallest absolute Gasteiger partial charge is 0.0586 e. The van der Waals surface area contributed by atoms with Crippen molar-refractivity contribution in [2.75, 3.05) is 26.2 Å². The molecule has 1 heterocycles. The molecule has 1 saturated heterocycles. The molecule has 0 bridgehead atoms. The molecule has 0 aromatic heterocycles. The van der Waals surface area contributed by atoms with Crippen molar-refractivity contribution in [2.45, 2.75) is 76.8 Å². The van der Waals surface area contributed by atoms with Gasteiger partial charge in [0.2, 0.25) is 0 Å². The Morgan fingerprint density at radius 2 is 1.90 bits per heavy atom. The van der Waals surface area contributed by atoms with Crippen LogP contribution in [0.2, 0.25) is 0 Å². The molecule has 20 heavy (non-hydrogen) atoms. The predicted octanol–water partition coefficient (Wildman–Crippen LogP) is 2.78. The molecule has 1 aliphatic carbocycles. The van der Waals surface area contributed by atoms with E-state index in [9.17, 15) is 5.11 Å². The molecule has 2 rings (SSSR count). The first kappa shape index (κ1) is 16.3. The van der Waals surface area contributed by atoms with Crippen LogP contribution < -0.4 is 5.32 Å². The minimum atomic E-state index is 0.346. The van der Waals surface area contributed by atoms with E-state index >= 15 is 0 Å². The van der Waals surface area contributed by atoms with Crippen LogP contribution in [0, 0.1) is 5.92 Å². The molecule has 0 amide bonds. The maximum Gasteiger partial charge on any atom is 0.0586 e. The van der Waals surface area contributed by atoms with E-state index in [0.717, 1.165) is 12.0 Å². The van der Waals surface area contributed by atoms with Crippen LogP contribution in [0.5, 0.6) is 0 Å². The lowest BCUT2D eigenvalue weighted by Crippen LogP contribution is -2.35. The maximum absolute atomic E-state index is 9.30. The van der Waals surface area contributed by atoms with Gasteiger partial charge in [0.15, 0.2) is 0 Å². The number of unbranched alkanes of at least 4 members (excludes halogenated alkanes) is 1. The summed E-state index contributed by atoms with van der Waals surface area (Å²) >= 11 is 0. The zero-order valence-corrected chi connectivity index (χ0v) is 13.3. The van der Waals surface area contributed by atoms with Gasteiger partial charge < -0.3 is 10.4 Å². The highest BCUT2D eigenvalue weighted by Crippen LogP contribution is 2.26. The summed E-state index contributed by atoms with van der Waals surface area (Å²) in [4.78, 5) is 2.48. The van der Waals surface area contributed by atoms with Crippen molar-refractivity contribution >= 4 is 0 Å². The fourth-order valence-corrected chi connectivity index (χ4v) is 3.92. The van der Waals surface area contributed by atoms with Crippen molar-refractivity contribution in [1.82, 2.24) is 10.2 Å². The van der Waals surface area contributed by atoms with Gasteiger partial charge >= 0.3 is 0 Å². The van der Waals surface area contributed by atoms with Crippen LogP contribution in [-0.2, 0) is 0 Å². The van der Waals surface area contributed by atoms with E-state index in [0.29, 0.717) is 12.6 Å². The maximum atomic E-state index is 9.30. The highest BCUT2D eigenvalue weighted by Gasteiger charge is 2.23. The Morgan fingerprint density at radius 3 is 2.60 bits per heavy atom. The van der Waals surface area contributed by atoms with E-state index in [1.807, 2.05) is 0 Å². The minimum absolute atomic E-state index is 0.346. The van der Waals surface area contributed by atoms with E-state index in [1.54, 1.807) is 0 Å². The molecular weight excluding hydrogens is 248 g/mol.